The SMILES string of the molecule is CNC(=O)C1CNCCN1c1cnn(C)c(=O)c1Br. The van der Waals surface area contributed by atoms with E-state index in [1.165, 1.54) is 4.68 Å². The molecule has 2 N–H and O–H groups in total. The molecule has 2 rings (SSSR count). The number of rotatable bonds is 2. The zero-order valence-corrected chi connectivity index (χ0v) is 12.4. The second-order valence-electron chi connectivity index (χ2n) is 4.30. The fourth-order valence-electron chi connectivity index (χ4n) is 2.10. The first-order chi connectivity index (χ1) is 9.06. The Morgan fingerprint density at radius 2 is 2.37 bits per heavy atom. The molecule has 1 atom stereocenters. The Hall–Kier alpha value is -1.41. The normalized spacial score (nSPS) is 19.3. The number of carbonyl (C=O) groups is 1. The molecule has 1 unspecified atom stereocenters. The number of nitrogens with zero attached hydrogens (tertiary/aromatic N) is 3. The average Bonchev–Trinajstić information content (AvgIpc) is 2.44. The van der Waals surface area contributed by atoms with Gasteiger partial charge in [0.15, 0.2) is 0 Å². The van der Waals surface area contributed by atoms with Crippen molar-refractivity contribution < 1.29 is 4.79 Å². The lowest BCUT2D eigenvalue weighted by Crippen LogP contribution is -2.58. The van der Waals surface area contributed by atoms with Gasteiger partial charge >= 0.3 is 0 Å². The van der Waals surface area contributed by atoms with Crippen LogP contribution in [0.5, 0.6) is 0 Å². The van der Waals surface area contributed by atoms with Crippen molar-refractivity contribution in [1.82, 2.24) is 20.4 Å². The van der Waals surface area contributed by atoms with E-state index in [9.17, 15) is 9.59 Å². The molecule has 1 fully saturated rings. The second kappa shape index (κ2) is 5.70. The maximum absolute atomic E-state index is 11.9. The van der Waals surface area contributed by atoms with Crippen LogP contribution in [0.2, 0.25) is 0 Å². The van der Waals surface area contributed by atoms with Crippen molar-refractivity contribution in [3.05, 3.63) is 21.0 Å². The minimum atomic E-state index is -0.344. The first-order valence-electron chi connectivity index (χ1n) is 5.97. The molecule has 1 aromatic rings. The zero-order valence-electron chi connectivity index (χ0n) is 10.8. The van der Waals surface area contributed by atoms with Gasteiger partial charge in [-0.25, -0.2) is 4.68 Å². The molecular weight excluding hydrogens is 314 g/mol. The molecule has 1 aliphatic rings. The van der Waals surface area contributed by atoms with Crippen molar-refractivity contribution >= 4 is 27.5 Å². The van der Waals surface area contributed by atoms with E-state index in [-0.39, 0.29) is 17.5 Å². The number of carbonyl (C=O) groups excluding carboxylic acids is 1. The maximum Gasteiger partial charge on any atom is 0.282 e. The maximum atomic E-state index is 11.9. The van der Waals surface area contributed by atoms with Crippen LogP contribution in [0.4, 0.5) is 5.69 Å². The standard InChI is InChI=1S/C11H16BrN5O2/c1-13-10(18)8-5-14-3-4-17(8)7-6-15-16(2)11(19)9(7)12/h6,8,14H,3-5H2,1-2H3,(H,13,18). The summed E-state index contributed by atoms with van der Waals surface area (Å²) in [5.41, 5.74) is 0.435. The molecule has 8 heteroatoms. The van der Waals surface area contributed by atoms with E-state index in [2.05, 4.69) is 31.7 Å². The van der Waals surface area contributed by atoms with Gasteiger partial charge in [0, 0.05) is 33.7 Å². The molecular formula is C11H16BrN5O2. The predicted molar refractivity (Wildman–Crippen MR) is 75.2 cm³/mol. The lowest BCUT2D eigenvalue weighted by molar-refractivity contribution is -0.122. The van der Waals surface area contributed by atoms with E-state index in [0.29, 0.717) is 23.2 Å². The van der Waals surface area contributed by atoms with Crippen LogP contribution >= 0.6 is 15.9 Å². The van der Waals surface area contributed by atoms with Gasteiger partial charge in [-0.15, -0.1) is 0 Å². The van der Waals surface area contributed by atoms with Crippen LogP contribution in [0.3, 0.4) is 0 Å². The number of piperazine rings is 1. The number of hydrogen-bond acceptors (Lipinski definition) is 5. The average molecular weight is 330 g/mol. The van der Waals surface area contributed by atoms with Crippen molar-refractivity contribution in [3.63, 3.8) is 0 Å². The predicted octanol–water partition coefficient (Wildman–Crippen LogP) is -0.933. The monoisotopic (exact) mass is 329 g/mol. The van der Waals surface area contributed by atoms with Gasteiger partial charge in [-0.1, -0.05) is 0 Å². The molecule has 1 saturated heterocycles. The van der Waals surface area contributed by atoms with Gasteiger partial charge in [-0.3, -0.25) is 9.59 Å². The largest absolute Gasteiger partial charge is 0.357 e. The zero-order chi connectivity index (χ0) is 14.0. The fraction of sp³-hybridized carbons (Fsp3) is 0.545. The Kier molecular flexibility index (Phi) is 4.20. The van der Waals surface area contributed by atoms with Gasteiger partial charge in [-0.05, 0) is 15.9 Å². The number of likely N-dealkylation sites (N-methyl/N-ethyl adjacent to an activating group) is 1. The van der Waals surface area contributed by atoms with Gasteiger partial charge in [-0.2, -0.15) is 5.10 Å². The summed E-state index contributed by atoms with van der Waals surface area (Å²) in [7, 11) is 3.19. The van der Waals surface area contributed by atoms with E-state index in [0.717, 1.165) is 6.54 Å². The third-order valence-corrected chi connectivity index (χ3v) is 3.91. The van der Waals surface area contributed by atoms with Gasteiger partial charge in [0.2, 0.25) is 5.91 Å². The quantitative estimate of drug-likeness (QED) is 0.732. The Labute approximate surface area is 119 Å². The minimum absolute atomic E-state index is 0.0835. The highest BCUT2D eigenvalue weighted by Crippen LogP contribution is 2.24. The summed E-state index contributed by atoms with van der Waals surface area (Å²) >= 11 is 3.30. The molecule has 0 radical (unpaired) electrons. The van der Waals surface area contributed by atoms with Crippen molar-refractivity contribution in [3.8, 4) is 0 Å². The van der Waals surface area contributed by atoms with Crippen LogP contribution in [-0.4, -0.2) is 48.4 Å². The molecule has 1 amide bonds. The number of aryl methyl sites for hydroxylation is 1. The molecule has 19 heavy (non-hydrogen) atoms. The van der Waals surface area contributed by atoms with Gasteiger partial charge < -0.3 is 15.5 Å². The summed E-state index contributed by atoms with van der Waals surface area (Å²) in [5, 5.41) is 9.83. The molecule has 1 aromatic heterocycles. The number of anilines is 1. The number of hydrogen-bond donors (Lipinski definition) is 2. The molecule has 0 spiro atoms. The Balaban J connectivity index is 2.41. The third kappa shape index (κ3) is 2.64. The summed E-state index contributed by atoms with van der Waals surface area (Å²) < 4.78 is 1.69. The number of halogens is 1. The molecule has 0 aromatic carbocycles. The lowest BCUT2D eigenvalue weighted by atomic mass is 10.1. The van der Waals surface area contributed by atoms with Gasteiger partial charge in [0.25, 0.3) is 5.56 Å². The number of amides is 1. The number of aromatic nitrogens is 2. The van der Waals surface area contributed by atoms with Crippen molar-refractivity contribution in [2.45, 2.75) is 6.04 Å². The summed E-state index contributed by atoms with van der Waals surface area (Å²) in [6.07, 6.45) is 1.60. The molecule has 0 bridgehead atoms. The molecule has 7 nitrogen and oxygen atoms in total. The van der Waals surface area contributed by atoms with E-state index in [1.54, 1.807) is 20.3 Å². The third-order valence-electron chi connectivity index (χ3n) is 3.16. The summed E-state index contributed by atoms with van der Waals surface area (Å²) in [6, 6.07) is -0.344. The van der Waals surface area contributed by atoms with E-state index < -0.39 is 0 Å². The first-order valence-corrected chi connectivity index (χ1v) is 6.76. The van der Waals surface area contributed by atoms with Crippen LogP contribution in [0.15, 0.2) is 15.5 Å². The highest BCUT2D eigenvalue weighted by molar-refractivity contribution is 9.10. The fourth-order valence-corrected chi connectivity index (χ4v) is 2.68. The summed E-state index contributed by atoms with van der Waals surface area (Å²) in [4.78, 5) is 25.7. The molecule has 0 aliphatic carbocycles. The van der Waals surface area contributed by atoms with E-state index >= 15 is 0 Å². The Bertz CT molecular complexity index is 544. The lowest BCUT2D eigenvalue weighted by Gasteiger charge is -2.36. The highest BCUT2D eigenvalue weighted by atomic mass is 79.9. The molecule has 1 aliphatic heterocycles. The topological polar surface area (TPSA) is 79.3 Å². The number of nitrogens with one attached hydrogen (secondary N) is 2. The van der Waals surface area contributed by atoms with Crippen molar-refractivity contribution in [1.29, 1.82) is 0 Å². The van der Waals surface area contributed by atoms with E-state index in [1.807, 2.05) is 4.90 Å². The van der Waals surface area contributed by atoms with Gasteiger partial charge in [0.05, 0.1) is 11.9 Å². The van der Waals surface area contributed by atoms with Crippen LogP contribution in [-0.2, 0) is 11.8 Å². The highest BCUT2D eigenvalue weighted by Gasteiger charge is 2.30. The van der Waals surface area contributed by atoms with Crippen molar-refractivity contribution in [2.75, 3.05) is 31.6 Å². The second-order valence-corrected chi connectivity index (χ2v) is 5.09. The molecule has 2 heterocycles. The molecule has 104 valence electrons. The van der Waals surface area contributed by atoms with Crippen LogP contribution < -0.4 is 21.1 Å². The summed E-state index contributed by atoms with van der Waals surface area (Å²) in [6.45, 7) is 1.95. The molecule has 0 saturated carbocycles. The van der Waals surface area contributed by atoms with E-state index in [4.69, 9.17) is 0 Å². The first kappa shape index (κ1) is 14.0. The summed E-state index contributed by atoms with van der Waals surface area (Å²) in [5.74, 6) is -0.0835. The smallest absolute Gasteiger partial charge is 0.282 e. The van der Waals surface area contributed by atoms with Crippen LogP contribution in [0, 0.1) is 0 Å². The minimum Gasteiger partial charge on any atom is -0.357 e. The van der Waals surface area contributed by atoms with Crippen LogP contribution in [0.25, 0.3) is 0 Å². The van der Waals surface area contributed by atoms with Gasteiger partial charge in [0.1, 0.15) is 10.5 Å². The van der Waals surface area contributed by atoms with Crippen molar-refractivity contribution in [2.24, 2.45) is 7.05 Å². The Morgan fingerprint density at radius 1 is 1.63 bits per heavy atom. The van der Waals surface area contributed by atoms with Crippen LogP contribution in [0.1, 0.15) is 0 Å². The Morgan fingerprint density at radius 3 is 3.05 bits per heavy atom.